The highest BCUT2D eigenvalue weighted by atomic mass is 35.5. The molecule has 134 valence electrons. The van der Waals surface area contributed by atoms with Crippen LogP contribution in [0, 0.1) is 6.92 Å². The summed E-state index contributed by atoms with van der Waals surface area (Å²) in [5.74, 6) is 0.448. The smallest absolute Gasteiger partial charge is 0.227 e. The second-order valence-electron chi connectivity index (χ2n) is 5.92. The molecule has 5 nitrogen and oxygen atoms in total. The number of anilines is 2. The lowest BCUT2D eigenvalue weighted by Crippen LogP contribution is -1.98. The van der Waals surface area contributed by atoms with E-state index < -0.39 is 0 Å². The first-order chi connectivity index (χ1) is 13.1. The molecule has 0 aliphatic carbocycles. The molecule has 0 unspecified atom stereocenters. The molecule has 4 aromatic rings. The second-order valence-corrected chi connectivity index (χ2v) is 6.77. The molecule has 0 amide bonds. The number of aryl methyl sites for hydroxylation is 1. The Kier molecular flexibility index (Phi) is 4.79. The van der Waals surface area contributed by atoms with Gasteiger partial charge in [-0.2, -0.15) is 5.10 Å². The number of rotatable bonds is 4. The Morgan fingerprint density at radius 3 is 2.59 bits per heavy atom. The van der Waals surface area contributed by atoms with E-state index in [0.29, 0.717) is 21.7 Å². The number of benzene rings is 2. The van der Waals surface area contributed by atoms with Crippen LogP contribution in [0.1, 0.15) is 5.69 Å². The van der Waals surface area contributed by atoms with E-state index in [1.165, 1.54) is 0 Å². The molecule has 2 aromatic carbocycles. The standard InChI is InChI=1S/C20H15Cl2N5/c1-13-16(12-27(26-13)15-5-3-2-4-6-15)18-9-10-23-20(24-18)25-19-8-7-14(21)11-17(19)22/h2-12H,1H3,(H,23,24,25). The predicted octanol–water partition coefficient (Wildman–Crippen LogP) is 5.69. The Hall–Kier alpha value is -2.89. The summed E-state index contributed by atoms with van der Waals surface area (Å²) in [5.41, 5.74) is 4.28. The number of para-hydroxylation sites is 1. The Labute approximate surface area is 166 Å². The maximum absolute atomic E-state index is 6.22. The van der Waals surface area contributed by atoms with Gasteiger partial charge in [0, 0.05) is 23.0 Å². The van der Waals surface area contributed by atoms with Gasteiger partial charge in [-0.3, -0.25) is 0 Å². The zero-order valence-corrected chi connectivity index (χ0v) is 15.9. The van der Waals surface area contributed by atoms with E-state index in [2.05, 4.69) is 20.4 Å². The molecule has 0 fully saturated rings. The molecule has 0 atom stereocenters. The highest BCUT2D eigenvalue weighted by Gasteiger charge is 2.11. The number of aromatic nitrogens is 4. The fourth-order valence-corrected chi connectivity index (χ4v) is 3.16. The minimum absolute atomic E-state index is 0.448. The van der Waals surface area contributed by atoms with Crippen LogP contribution in [-0.4, -0.2) is 19.7 Å². The lowest BCUT2D eigenvalue weighted by molar-refractivity contribution is 0.863. The molecule has 7 heteroatoms. The summed E-state index contributed by atoms with van der Waals surface area (Å²) in [7, 11) is 0. The summed E-state index contributed by atoms with van der Waals surface area (Å²) in [6, 6.07) is 17.0. The molecule has 4 rings (SSSR count). The van der Waals surface area contributed by atoms with E-state index in [-0.39, 0.29) is 0 Å². The largest absolute Gasteiger partial charge is 0.323 e. The van der Waals surface area contributed by atoms with Crippen molar-refractivity contribution in [2.75, 3.05) is 5.32 Å². The van der Waals surface area contributed by atoms with Gasteiger partial charge in [0.05, 0.1) is 27.8 Å². The van der Waals surface area contributed by atoms with Crippen molar-refractivity contribution in [1.29, 1.82) is 0 Å². The monoisotopic (exact) mass is 395 g/mol. The van der Waals surface area contributed by atoms with Crippen molar-refractivity contribution in [2.45, 2.75) is 6.92 Å². The minimum Gasteiger partial charge on any atom is -0.323 e. The van der Waals surface area contributed by atoms with Crippen LogP contribution in [0.5, 0.6) is 0 Å². The van der Waals surface area contributed by atoms with Crippen LogP contribution >= 0.6 is 23.2 Å². The van der Waals surface area contributed by atoms with Crippen molar-refractivity contribution < 1.29 is 0 Å². The summed E-state index contributed by atoms with van der Waals surface area (Å²) in [5, 5.41) is 8.80. The van der Waals surface area contributed by atoms with Crippen LogP contribution in [0.4, 0.5) is 11.6 Å². The highest BCUT2D eigenvalue weighted by Crippen LogP contribution is 2.28. The summed E-state index contributed by atoms with van der Waals surface area (Å²) in [6.07, 6.45) is 3.67. The third kappa shape index (κ3) is 3.79. The number of nitrogens with one attached hydrogen (secondary N) is 1. The van der Waals surface area contributed by atoms with Gasteiger partial charge in [0.2, 0.25) is 5.95 Å². The van der Waals surface area contributed by atoms with Gasteiger partial charge >= 0.3 is 0 Å². The quantitative estimate of drug-likeness (QED) is 0.482. The van der Waals surface area contributed by atoms with E-state index in [4.69, 9.17) is 23.2 Å². The normalized spacial score (nSPS) is 10.8. The van der Waals surface area contributed by atoms with Crippen LogP contribution in [0.3, 0.4) is 0 Å². The Morgan fingerprint density at radius 2 is 1.81 bits per heavy atom. The van der Waals surface area contributed by atoms with Crippen molar-refractivity contribution in [1.82, 2.24) is 19.7 Å². The predicted molar refractivity (Wildman–Crippen MR) is 109 cm³/mol. The van der Waals surface area contributed by atoms with Gasteiger partial charge < -0.3 is 5.32 Å². The van der Waals surface area contributed by atoms with Crippen molar-refractivity contribution >= 4 is 34.8 Å². The summed E-state index contributed by atoms with van der Waals surface area (Å²) >= 11 is 12.2. The molecular weight excluding hydrogens is 381 g/mol. The van der Waals surface area contributed by atoms with Gasteiger partial charge in [0.15, 0.2) is 0 Å². The zero-order valence-electron chi connectivity index (χ0n) is 14.4. The highest BCUT2D eigenvalue weighted by molar-refractivity contribution is 6.36. The lowest BCUT2D eigenvalue weighted by Gasteiger charge is -2.08. The third-order valence-electron chi connectivity index (χ3n) is 4.03. The first-order valence-electron chi connectivity index (χ1n) is 8.27. The second kappa shape index (κ2) is 7.39. The number of nitrogens with zero attached hydrogens (tertiary/aromatic N) is 4. The molecule has 2 heterocycles. The van der Waals surface area contributed by atoms with Crippen molar-refractivity contribution in [3.05, 3.63) is 82.7 Å². The maximum Gasteiger partial charge on any atom is 0.227 e. The Bertz CT molecular complexity index is 1090. The molecular formula is C20H15Cl2N5. The SMILES string of the molecule is Cc1nn(-c2ccccc2)cc1-c1ccnc(Nc2ccc(Cl)cc2Cl)n1. The lowest BCUT2D eigenvalue weighted by atomic mass is 10.2. The number of halogens is 2. The van der Waals surface area contributed by atoms with E-state index in [1.807, 2.05) is 54.2 Å². The molecule has 0 aliphatic heterocycles. The fourth-order valence-electron chi connectivity index (χ4n) is 2.70. The fraction of sp³-hybridized carbons (Fsp3) is 0.0500. The summed E-state index contributed by atoms with van der Waals surface area (Å²) < 4.78 is 1.84. The Balaban J connectivity index is 1.66. The van der Waals surface area contributed by atoms with Crippen LogP contribution in [0.25, 0.3) is 16.9 Å². The van der Waals surface area contributed by atoms with Crippen LogP contribution in [0.15, 0.2) is 67.0 Å². The molecule has 0 bridgehead atoms. The average molecular weight is 396 g/mol. The van der Waals surface area contributed by atoms with Gasteiger partial charge in [-0.15, -0.1) is 0 Å². The summed E-state index contributed by atoms with van der Waals surface area (Å²) in [6.45, 7) is 1.96. The first kappa shape index (κ1) is 17.5. The molecule has 27 heavy (non-hydrogen) atoms. The molecule has 0 aliphatic rings. The zero-order chi connectivity index (χ0) is 18.8. The van der Waals surface area contributed by atoms with Gasteiger partial charge in [-0.05, 0) is 43.3 Å². The van der Waals surface area contributed by atoms with Gasteiger partial charge in [0.1, 0.15) is 0 Å². The molecule has 0 saturated carbocycles. The molecule has 0 radical (unpaired) electrons. The number of hydrogen-bond donors (Lipinski definition) is 1. The average Bonchev–Trinajstić information content (AvgIpc) is 3.07. The topological polar surface area (TPSA) is 55.6 Å². The van der Waals surface area contributed by atoms with E-state index in [0.717, 1.165) is 22.6 Å². The minimum atomic E-state index is 0.448. The molecule has 2 aromatic heterocycles. The third-order valence-corrected chi connectivity index (χ3v) is 4.58. The van der Waals surface area contributed by atoms with Crippen molar-refractivity contribution in [3.63, 3.8) is 0 Å². The van der Waals surface area contributed by atoms with Crippen LogP contribution in [0.2, 0.25) is 10.0 Å². The van der Waals surface area contributed by atoms with E-state index in [1.54, 1.807) is 24.4 Å². The van der Waals surface area contributed by atoms with Crippen LogP contribution in [-0.2, 0) is 0 Å². The maximum atomic E-state index is 6.22. The van der Waals surface area contributed by atoms with Gasteiger partial charge in [0.25, 0.3) is 0 Å². The molecule has 1 N–H and O–H groups in total. The first-order valence-corrected chi connectivity index (χ1v) is 9.03. The van der Waals surface area contributed by atoms with E-state index in [9.17, 15) is 0 Å². The van der Waals surface area contributed by atoms with Crippen molar-refractivity contribution in [3.8, 4) is 16.9 Å². The van der Waals surface area contributed by atoms with Gasteiger partial charge in [-0.25, -0.2) is 14.6 Å². The van der Waals surface area contributed by atoms with Crippen LogP contribution < -0.4 is 5.32 Å². The summed E-state index contributed by atoms with van der Waals surface area (Å²) in [4.78, 5) is 8.88. The van der Waals surface area contributed by atoms with Crippen molar-refractivity contribution in [2.24, 2.45) is 0 Å². The molecule has 0 spiro atoms. The van der Waals surface area contributed by atoms with Gasteiger partial charge in [-0.1, -0.05) is 41.4 Å². The Morgan fingerprint density at radius 1 is 1.00 bits per heavy atom. The number of hydrogen-bond acceptors (Lipinski definition) is 4. The van der Waals surface area contributed by atoms with E-state index >= 15 is 0 Å². The molecule has 0 saturated heterocycles.